The zero-order valence-corrected chi connectivity index (χ0v) is 14.4. The number of hydrogen-bond acceptors (Lipinski definition) is 6. The third kappa shape index (κ3) is 4.10. The fraction of sp³-hybridized carbons (Fsp3) is 0.625. The summed E-state index contributed by atoms with van der Waals surface area (Å²) < 4.78 is 10.8. The molecule has 0 atom stereocenters. The van der Waals surface area contributed by atoms with Crippen molar-refractivity contribution < 1.29 is 19.1 Å². The minimum atomic E-state index is -1.82. The first-order valence-electron chi connectivity index (χ1n) is 7.16. The Morgan fingerprint density at radius 2 is 1.45 bits per heavy atom. The number of nitrogens with zero attached hydrogens (tertiary/aromatic N) is 1. The van der Waals surface area contributed by atoms with Crippen molar-refractivity contribution in [2.45, 2.75) is 65.2 Å². The monoisotopic (exact) mass is 310 g/mol. The average molecular weight is 310 g/mol. The van der Waals surface area contributed by atoms with Crippen molar-refractivity contribution >= 4 is 11.9 Å². The zero-order chi connectivity index (χ0) is 17.3. The Labute approximate surface area is 131 Å². The van der Waals surface area contributed by atoms with E-state index < -0.39 is 28.7 Å². The smallest absolute Gasteiger partial charge is 0.349 e. The standard InChI is InChI=1S/C16H26N2O4/c1-11-8-9-18(17)16(10-11,12(19)21-14(2,3)4)13(20)22-15(5,6)7/h8-10H,17H2,1-7H3. The highest BCUT2D eigenvalue weighted by molar-refractivity contribution is 6.08. The lowest BCUT2D eigenvalue weighted by Gasteiger charge is -2.39. The summed E-state index contributed by atoms with van der Waals surface area (Å²) in [5.74, 6) is 4.39. The van der Waals surface area contributed by atoms with Crippen LogP contribution in [0.15, 0.2) is 23.9 Å². The zero-order valence-electron chi connectivity index (χ0n) is 14.4. The Hall–Kier alpha value is -1.82. The number of esters is 2. The number of allylic oxidation sites excluding steroid dienone is 2. The van der Waals surface area contributed by atoms with Crippen LogP contribution in [0.2, 0.25) is 0 Å². The number of hydrazine groups is 1. The first-order chi connectivity index (χ1) is 9.78. The van der Waals surface area contributed by atoms with E-state index in [1.807, 2.05) is 0 Å². The van der Waals surface area contributed by atoms with Gasteiger partial charge in [0.2, 0.25) is 0 Å². The predicted octanol–water partition coefficient (Wildman–Crippen LogP) is 2.06. The van der Waals surface area contributed by atoms with Gasteiger partial charge in [-0.3, -0.25) is 5.01 Å². The Balaban J connectivity index is 3.31. The van der Waals surface area contributed by atoms with Crippen LogP contribution < -0.4 is 5.84 Å². The molecule has 2 N–H and O–H groups in total. The van der Waals surface area contributed by atoms with Gasteiger partial charge >= 0.3 is 11.9 Å². The van der Waals surface area contributed by atoms with Gasteiger partial charge < -0.3 is 9.47 Å². The predicted molar refractivity (Wildman–Crippen MR) is 83.3 cm³/mol. The molecule has 1 aliphatic heterocycles. The normalized spacial score (nSPS) is 17.8. The summed E-state index contributed by atoms with van der Waals surface area (Å²) in [5.41, 5.74) is -2.61. The molecule has 0 saturated carbocycles. The maximum atomic E-state index is 12.7. The van der Waals surface area contributed by atoms with Crippen LogP contribution in [-0.4, -0.2) is 33.7 Å². The van der Waals surface area contributed by atoms with Crippen molar-refractivity contribution in [3.63, 3.8) is 0 Å². The molecule has 1 rings (SSSR count). The molecule has 124 valence electrons. The molecule has 0 amide bonds. The first kappa shape index (κ1) is 18.2. The molecule has 0 bridgehead atoms. The van der Waals surface area contributed by atoms with Crippen LogP contribution in [0.1, 0.15) is 48.5 Å². The number of carbonyl (C=O) groups is 2. The van der Waals surface area contributed by atoms with Crippen LogP contribution >= 0.6 is 0 Å². The molecule has 0 aromatic carbocycles. The van der Waals surface area contributed by atoms with Crippen molar-refractivity contribution in [3.8, 4) is 0 Å². The fourth-order valence-electron chi connectivity index (χ4n) is 1.89. The largest absolute Gasteiger partial charge is 0.457 e. The maximum absolute atomic E-state index is 12.7. The van der Waals surface area contributed by atoms with Gasteiger partial charge in [-0.05, 0) is 60.6 Å². The van der Waals surface area contributed by atoms with E-state index in [2.05, 4.69) is 0 Å². The molecular formula is C16H26N2O4. The summed E-state index contributed by atoms with van der Waals surface area (Å²) in [5, 5.41) is 1.03. The molecule has 6 heteroatoms. The van der Waals surface area contributed by atoms with Gasteiger partial charge in [-0.15, -0.1) is 0 Å². The van der Waals surface area contributed by atoms with Gasteiger partial charge in [0, 0.05) is 6.20 Å². The van der Waals surface area contributed by atoms with Gasteiger partial charge in [-0.2, -0.15) is 0 Å². The molecule has 1 heterocycles. The highest BCUT2D eigenvalue weighted by Gasteiger charge is 2.54. The Kier molecular flexibility index (Phi) is 4.77. The van der Waals surface area contributed by atoms with Gasteiger partial charge in [0.25, 0.3) is 5.54 Å². The lowest BCUT2D eigenvalue weighted by atomic mass is 9.92. The summed E-state index contributed by atoms with van der Waals surface area (Å²) in [6.45, 7) is 12.1. The lowest BCUT2D eigenvalue weighted by Crippen LogP contribution is -2.63. The van der Waals surface area contributed by atoms with Crippen molar-refractivity contribution in [2.75, 3.05) is 0 Å². The molecule has 6 nitrogen and oxygen atoms in total. The van der Waals surface area contributed by atoms with E-state index in [1.165, 1.54) is 12.3 Å². The Morgan fingerprint density at radius 3 is 1.82 bits per heavy atom. The van der Waals surface area contributed by atoms with E-state index in [0.717, 1.165) is 10.6 Å². The van der Waals surface area contributed by atoms with Gasteiger partial charge in [0.15, 0.2) is 0 Å². The third-order valence-electron chi connectivity index (χ3n) is 2.76. The summed E-state index contributed by atoms with van der Waals surface area (Å²) >= 11 is 0. The Morgan fingerprint density at radius 1 is 1.05 bits per heavy atom. The molecule has 22 heavy (non-hydrogen) atoms. The second-order valence-corrected chi connectivity index (χ2v) is 7.38. The van der Waals surface area contributed by atoms with E-state index in [1.54, 1.807) is 54.5 Å². The number of rotatable bonds is 2. The first-order valence-corrected chi connectivity index (χ1v) is 7.16. The molecule has 0 aromatic heterocycles. The average Bonchev–Trinajstić information content (AvgIpc) is 2.27. The van der Waals surface area contributed by atoms with E-state index >= 15 is 0 Å². The van der Waals surface area contributed by atoms with Gasteiger partial charge in [0.1, 0.15) is 11.2 Å². The Bertz CT molecular complexity index is 493. The van der Waals surface area contributed by atoms with Gasteiger partial charge in [0.05, 0.1) is 0 Å². The summed E-state index contributed by atoms with van der Waals surface area (Å²) in [4.78, 5) is 25.4. The van der Waals surface area contributed by atoms with Crippen molar-refractivity contribution in [1.29, 1.82) is 0 Å². The maximum Gasteiger partial charge on any atom is 0.349 e. The summed E-state index contributed by atoms with van der Waals surface area (Å²) in [6, 6.07) is 0. The lowest BCUT2D eigenvalue weighted by molar-refractivity contribution is -0.182. The second kappa shape index (κ2) is 5.76. The molecule has 0 fully saturated rings. The van der Waals surface area contributed by atoms with Crippen molar-refractivity contribution in [3.05, 3.63) is 23.9 Å². The van der Waals surface area contributed by atoms with Crippen molar-refractivity contribution in [2.24, 2.45) is 5.84 Å². The number of carbonyl (C=O) groups excluding carboxylic acids is 2. The third-order valence-corrected chi connectivity index (χ3v) is 2.76. The van der Waals surface area contributed by atoms with Gasteiger partial charge in [-0.25, -0.2) is 15.4 Å². The molecular weight excluding hydrogens is 284 g/mol. The van der Waals surface area contributed by atoms with E-state index in [0.29, 0.717) is 0 Å². The topological polar surface area (TPSA) is 81.9 Å². The molecule has 0 aliphatic carbocycles. The molecule has 0 spiro atoms. The summed E-state index contributed by atoms with van der Waals surface area (Å²) in [6.07, 6.45) is 4.63. The quantitative estimate of drug-likeness (QED) is 0.477. The molecule has 0 unspecified atom stereocenters. The van der Waals surface area contributed by atoms with E-state index in [-0.39, 0.29) is 0 Å². The highest BCUT2D eigenvalue weighted by Crippen LogP contribution is 2.29. The van der Waals surface area contributed by atoms with Crippen LogP contribution in [0.25, 0.3) is 0 Å². The van der Waals surface area contributed by atoms with Crippen LogP contribution in [0.3, 0.4) is 0 Å². The number of ether oxygens (including phenoxy) is 2. The minimum absolute atomic E-state index is 0.721. The highest BCUT2D eigenvalue weighted by atomic mass is 16.6. The van der Waals surface area contributed by atoms with Gasteiger partial charge in [-0.1, -0.05) is 5.57 Å². The molecule has 1 aliphatic rings. The number of nitrogens with two attached hydrogens (primary N) is 1. The van der Waals surface area contributed by atoms with E-state index in [4.69, 9.17) is 15.3 Å². The van der Waals surface area contributed by atoms with Crippen LogP contribution in [0, 0.1) is 0 Å². The van der Waals surface area contributed by atoms with Crippen LogP contribution in [0.4, 0.5) is 0 Å². The second-order valence-electron chi connectivity index (χ2n) is 7.38. The fourth-order valence-corrected chi connectivity index (χ4v) is 1.89. The summed E-state index contributed by atoms with van der Waals surface area (Å²) in [7, 11) is 0. The minimum Gasteiger partial charge on any atom is -0.457 e. The SMILES string of the molecule is CC1=CC(C(=O)OC(C)(C)C)(C(=O)OC(C)(C)C)N(N)C=C1. The molecule has 0 saturated heterocycles. The van der Waals surface area contributed by atoms with Crippen molar-refractivity contribution in [1.82, 2.24) is 5.01 Å². The molecule has 0 aromatic rings. The van der Waals surface area contributed by atoms with Crippen LogP contribution in [-0.2, 0) is 19.1 Å². The van der Waals surface area contributed by atoms with Crippen LogP contribution in [0.5, 0.6) is 0 Å². The van der Waals surface area contributed by atoms with E-state index in [9.17, 15) is 9.59 Å². The number of hydrogen-bond donors (Lipinski definition) is 1. The molecule has 0 radical (unpaired) electrons.